The largest absolute Gasteiger partial charge is 0.390 e. The number of aromatic nitrogens is 2. The van der Waals surface area contributed by atoms with E-state index >= 15 is 0 Å². The lowest BCUT2D eigenvalue weighted by Gasteiger charge is -2.52. The molecule has 1 aromatic rings. The number of nitrogens with zero attached hydrogens (tertiary/aromatic N) is 3. The van der Waals surface area contributed by atoms with Crippen molar-refractivity contribution in [2.45, 2.75) is 50.5 Å². The van der Waals surface area contributed by atoms with E-state index in [4.69, 9.17) is 0 Å². The van der Waals surface area contributed by atoms with Crippen LogP contribution in [-0.2, 0) is 11.8 Å². The maximum absolute atomic E-state index is 12.4. The molecule has 3 fully saturated rings. The van der Waals surface area contributed by atoms with Gasteiger partial charge in [-0.2, -0.15) is 5.10 Å². The van der Waals surface area contributed by atoms with Crippen LogP contribution in [0.4, 0.5) is 0 Å². The highest BCUT2D eigenvalue weighted by molar-refractivity contribution is 5.81. The second kappa shape index (κ2) is 4.57. The second-order valence-electron chi connectivity index (χ2n) is 8.18. The van der Waals surface area contributed by atoms with Gasteiger partial charge in [-0.1, -0.05) is 0 Å². The number of aliphatic hydroxyl groups is 1. The highest BCUT2D eigenvalue weighted by Gasteiger charge is 2.53. The first-order valence-electron chi connectivity index (χ1n) is 8.36. The average Bonchev–Trinajstić information content (AvgIpc) is 2.99. The Balaban J connectivity index is 1.33. The van der Waals surface area contributed by atoms with E-state index in [1.54, 1.807) is 0 Å². The molecule has 2 heterocycles. The number of hydrogen-bond acceptors (Lipinski definition) is 3. The van der Waals surface area contributed by atoms with Gasteiger partial charge < -0.3 is 10.0 Å². The number of rotatable bonds is 2. The first-order chi connectivity index (χ1) is 10.4. The maximum Gasteiger partial charge on any atom is 0.225 e. The molecular formula is C17H25N3O2. The van der Waals surface area contributed by atoms with Crippen molar-refractivity contribution in [3.05, 3.63) is 18.0 Å². The summed E-state index contributed by atoms with van der Waals surface area (Å²) in [5.74, 6) is 0.931. The smallest absolute Gasteiger partial charge is 0.225 e. The topological polar surface area (TPSA) is 58.4 Å². The van der Waals surface area contributed by atoms with Crippen molar-refractivity contribution in [2.75, 3.05) is 13.1 Å². The number of hydrogen-bond donors (Lipinski definition) is 1. The number of carbonyl (C=O) groups is 1. The molecular weight excluding hydrogens is 278 g/mol. The zero-order valence-electron chi connectivity index (χ0n) is 13.5. The molecule has 0 aromatic carbocycles. The van der Waals surface area contributed by atoms with Crippen LogP contribution < -0.4 is 0 Å². The summed E-state index contributed by atoms with van der Waals surface area (Å²) >= 11 is 0. The summed E-state index contributed by atoms with van der Waals surface area (Å²) in [6.07, 6.45) is 9.00. The van der Waals surface area contributed by atoms with Crippen molar-refractivity contribution < 1.29 is 9.90 Å². The Kier molecular flexibility index (Phi) is 2.96. The summed E-state index contributed by atoms with van der Waals surface area (Å²) in [4.78, 5) is 14.4. The fraction of sp³-hybridized carbons (Fsp3) is 0.765. The number of carbonyl (C=O) groups excluding carboxylic acids is 1. The highest BCUT2D eigenvalue weighted by atomic mass is 16.3. The maximum atomic E-state index is 12.4. The van der Waals surface area contributed by atoms with E-state index in [1.165, 1.54) is 24.8 Å². The first kappa shape index (κ1) is 14.2. The molecule has 1 unspecified atom stereocenters. The molecule has 5 heteroatoms. The second-order valence-corrected chi connectivity index (χ2v) is 8.18. The molecule has 1 saturated heterocycles. The van der Waals surface area contributed by atoms with Crippen LogP contribution in [0.25, 0.3) is 0 Å². The van der Waals surface area contributed by atoms with Crippen LogP contribution in [0.1, 0.15) is 50.5 Å². The zero-order chi connectivity index (χ0) is 15.5. The predicted octanol–water partition coefficient (Wildman–Crippen LogP) is 1.68. The Morgan fingerprint density at radius 2 is 2.09 bits per heavy atom. The van der Waals surface area contributed by atoms with Gasteiger partial charge in [-0.3, -0.25) is 9.48 Å². The summed E-state index contributed by atoms with van der Waals surface area (Å²) in [7, 11) is 1.96. The molecule has 1 N–H and O–H groups in total. The van der Waals surface area contributed by atoms with Crippen LogP contribution in [0.5, 0.6) is 0 Å². The van der Waals surface area contributed by atoms with Gasteiger partial charge in [0.15, 0.2) is 0 Å². The van der Waals surface area contributed by atoms with E-state index in [-0.39, 0.29) is 11.8 Å². The van der Waals surface area contributed by atoms with E-state index in [9.17, 15) is 9.90 Å². The number of aryl methyl sites for hydroxylation is 1. The summed E-state index contributed by atoms with van der Waals surface area (Å²) < 4.78 is 1.87. The van der Waals surface area contributed by atoms with Gasteiger partial charge in [0.05, 0.1) is 11.8 Å². The minimum Gasteiger partial charge on any atom is -0.390 e. The van der Waals surface area contributed by atoms with Crippen LogP contribution in [0.2, 0.25) is 0 Å². The minimum atomic E-state index is -0.609. The molecule has 1 aromatic heterocycles. The lowest BCUT2D eigenvalue weighted by Crippen LogP contribution is -2.61. The summed E-state index contributed by atoms with van der Waals surface area (Å²) in [5, 5.41) is 14.1. The minimum absolute atomic E-state index is 0.0582. The van der Waals surface area contributed by atoms with E-state index < -0.39 is 5.60 Å². The first-order valence-corrected chi connectivity index (χ1v) is 8.36. The monoisotopic (exact) mass is 303 g/mol. The average molecular weight is 303 g/mol. The lowest BCUT2D eigenvalue weighted by atomic mass is 9.69. The van der Waals surface area contributed by atoms with Crippen molar-refractivity contribution in [3.63, 3.8) is 0 Å². The van der Waals surface area contributed by atoms with Crippen LogP contribution in [-0.4, -0.2) is 44.4 Å². The normalized spacial score (nSPS) is 36.2. The molecule has 22 heavy (non-hydrogen) atoms. The molecule has 0 radical (unpaired) electrons. The third-order valence-electron chi connectivity index (χ3n) is 5.98. The Hall–Kier alpha value is -1.36. The summed E-state index contributed by atoms with van der Waals surface area (Å²) in [6.45, 7) is 3.66. The molecule has 0 bridgehead atoms. The molecule has 1 spiro atoms. The zero-order valence-corrected chi connectivity index (χ0v) is 13.5. The van der Waals surface area contributed by atoms with E-state index in [1.807, 2.05) is 29.7 Å². The third kappa shape index (κ3) is 2.26. The standard InChI is InChI=1S/C17H25N3O2/c1-16(22)5-13(6-16)15(21)20-10-17(11-20)4-3-12(7-17)14-8-18-19(2)9-14/h8-9,12-13,22H,3-7,10-11H2,1-2H3. The molecule has 2 saturated carbocycles. The molecule has 120 valence electrons. The predicted molar refractivity (Wildman–Crippen MR) is 82.2 cm³/mol. The Bertz CT molecular complexity index is 593. The molecule has 4 rings (SSSR count). The van der Waals surface area contributed by atoms with Gasteiger partial charge in [-0.05, 0) is 50.5 Å². The van der Waals surface area contributed by atoms with E-state index in [0.717, 1.165) is 13.1 Å². The van der Waals surface area contributed by atoms with Crippen molar-refractivity contribution in [3.8, 4) is 0 Å². The highest BCUT2D eigenvalue weighted by Crippen LogP contribution is 2.52. The van der Waals surface area contributed by atoms with Gasteiger partial charge in [0.1, 0.15) is 0 Å². The van der Waals surface area contributed by atoms with Crippen LogP contribution in [0, 0.1) is 11.3 Å². The Morgan fingerprint density at radius 3 is 2.68 bits per heavy atom. The van der Waals surface area contributed by atoms with Gasteiger partial charge >= 0.3 is 0 Å². The SMILES string of the molecule is Cn1cc(C2CCC3(C2)CN(C(=O)C2CC(C)(O)C2)C3)cn1. The van der Waals surface area contributed by atoms with E-state index in [2.05, 4.69) is 11.3 Å². The Labute approximate surface area is 131 Å². The van der Waals surface area contributed by atoms with Crippen LogP contribution >= 0.6 is 0 Å². The van der Waals surface area contributed by atoms with Gasteiger partial charge in [0.25, 0.3) is 0 Å². The molecule has 1 atom stereocenters. The summed E-state index contributed by atoms with van der Waals surface area (Å²) in [6, 6.07) is 0. The quantitative estimate of drug-likeness (QED) is 0.904. The molecule has 1 amide bonds. The van der Waals surface area contributed by atoms with Gasteiger partial charge in [-0.25, -0.2) is 0 Å². The third-order valence-corrected chi connectivity index (χ3v) is 5.98. The molecule has 3 aliphatic rings. The fourth-order valence-electron chi connectivity index (χ4n) is 4.78. The van der Waals surface area contributed by atoms with Crippen molar-refractivity contribution in [1.29, 1.82) is 0 Å². The van der Waals surface area contributed by atoms with Gasteiger partial charge in [0, 0.05) is 37.7 Å². The van der Waals surface area contributed by atoms with Crippen LogP contribution in [0.15, 0.2) is 12.4 Å². The van der Waals surface area contributed by atoms with Crippen molar-refractivity contribution in [2.24, 2.45) is 18.4 Å². The molecule has 5 nitrogen and oxygen atoms in total. The fourth-order valence-corrected chi connectivity index (χ4v) is 4.78. The summed E-state index contributed by atoms with van der Waals surface area (Å²) in [5.41, 5.74) is 1.09. The van der Waals surface area contributed by atoms with Crippen molar-refractivity contribution in [1.82, 2.24) is 14.7 Å². The Morgan fingerprint density at radius 1 is 1.36 bits per heavy atom. The van der Waals surface area contributed by atoms with Gasteiger partial charge in [-0.15, -0.1) is 0 Å². The van der Waals surface area contributed by atoms with Gasteiger partial charge in [0.2, 0.25) is 5.91 Å². The number of likely N-dealkylation sites (tertiary alicyclic amines) is 1. The van der Waals surface area contributed by atoms with E-state index in [0.29, 0.717) is 24.2 Å². The van der Waals surface area contributed by atoms with Crippen LogP contribution in [0.3, 0.4) is 0 Å². The molecule has 1 aliphatic heterocycles. The van der Waals surface area contributed by atoms with Crippen molar-refractivity contribution >= 4 is 5.91 Å². The molecule has 2 aliphatic carbocycles. The lowest BCUT2D eigenvalue weighted by molar-refractivity contribution is -0.161. The number of amides is 1.